The highest BCUT2D eigenvalue weighted by Gasteiger charge is 2.23. The fourth-order valence-electron chi connectivity index (χ4n) is 2.26. The van der Waals surface area contributed by atoms with Gasteiger partial charge in [0.1, 0.15) is 6.04 Å². The average molecular weight is 330 g/mol. The highest BCUT2D eigenvalue weighted by molar-refractivity contribution is 5.86. The number of benzene rings is 1. The largest absolute Gasteiger partial charge is 0.368 e. The number of primary amides is 1. The molecule has 0 aliphatic rings. The number of carbonyl (C=O) groups is 2. The Kier molecular flexibility index (Phi) is 6.06. The molecular formula is C17H22N4O3. The number of nitrogens with one attached hydrogen (secondary N) is 1. The highest BCUT2D eigenvalue weighted by atomic mass is 16.5. The van der Waals surface area contributed by atoms with Gasteiger partial charge in [-0.15, -0.1) is 0 Å². The number of rotatable bonds is 8. The molecule has 1 heterocycles. The van der Waals surface area contributed by atoms with Crippen LogP contribution in [0.25, 0.3) is 11.4 Å². The van der Waals surface area contributed by atoms with Gasteiger partial charge in [-0.2, -0.15) is 4.98 Å². The zero-order valence-corrected chi connectivity index (χ0v) is 13.9. The minimum Gasteiger partial charge on any atom is -0.368 e. The van der Waals surface area contributed by atoms with E-state index >= 15 is 0 Å². The van der Waals surface area contributed by atoms with Crippen molar-refractivity contribution in [3.8, 4) is 11.4 Å². The summed E-state index contributed by atoms with van der Waals surface area (Å²) in [4.78, 5) is 27.7. The molecule has 7 heteroatoms. The van der Waals surface area contributed by atoms with Crippen LogP contribution in [0.15, 0.2) is 34.9 Å². The molecule has 0 fully saturated rings. The first-order valence-electron chi connectivity index (χ1n) is 7.98. The zero-order valence-electron chi connectivity index (χ0n) is 13.9. The Morgan fingerprint density at radius 3 is 2.62 bits per heavy atom. The maximum absolute atomic E-state index is 12.0. The molecule has 0 spiro atoms. The quantitative estimate of drug-likeness (QED) is 0.765. The third-order valence-electron chi connectivity index (χ3n) is 3.90. The van der Waals surface area contributed by atoms with Crippen LogP contribution in [0, 0.1) is 5.92 Å². The summed E-state index contributed by atoms with van der Waals surface area (Å²) in [6.45, 7) is 3.82. The molecule has 128 valence electrons. The van der Waals surface area contributed by atoms with Gasteiger partial charge in [0.15, 0.2) is 0 Å². The van der Waals surface area contributed by atoms with Gasteiger partial charge in [-0.05, 0) is 5.92 Å². The third kappa shape index (κ3) is 4.65. The SMILES string of the molecule is CCC(C)[C@H](NC(=O)CCc1nc(-c2ccccc2)no1)C(N)=O. The molecular weight excluding hydrogens is 308 g/mol. The summed E-state index contributed by atoms with van der Waals surface area (Å²) in [5, 5.41) is 6.58. The minimum absolute atomic E-state index is 0.0143. The van der Waals surface area contributed by atoms with E-state index in [1.54, 1.807) is 0 Å². The summed E-state index contributed by atoms with van der Waals surface area (Å²) in [6.07, 6.45) is 1.20. The monoisotopic (exact) mass is 330 g/mol. The van der Waals surface area contributed by atoms with E-state index < -0.39 is 11.9 Å². The fraction of sp³-hybridized carbons (Fsp3) is 0.412. The number of carbonyl (C=O) groups excluding carboxylic acids is 2. The lowest BCUT2D eigenvalue weighted by Gasteiger charge is -2.20. The van der Waals surface area contributed by atoms with E-state index in [0.717, 1.165) is 12.0 Å². The van der Waals surface area contributed by atoms with Gasteiger partial charge >= 0.3 is 0 Å². The molecule has 7 nitrogen and oxygen atoms in total. The molecule has 0 aliphatic carbocycles. The smallest absolute Gasteiger partial charge is 0.240 e. The number of hydrogen-bond acceptors (Lipinski definition) is 5. The van der Waals surface area contributed by atoms with E-state index in [0.29, 0.717) is 18.1 Å². The number of aryl methyl sites for hydroxylation is 1. The van der Waals surface area contributed by atoms with Gasteiger partial charge < -0.3 is 15.6 Å². The summed E-state index contributed by atoms with van der Waals surface area (Å²) in [7, 11) is 0. The Hall–Kier alpha value is -2.70. The first-order chi connectivity index (χ1) is 11.5. The lowest BCUT2D eigenvalue weighted by molar-refractivity contribution is -0.128. The van der Waals surface area contributed by atoms with Crippen LogP contribution >= 0.6 is 0 Å². The van der Waals surface area contributed by atoms with Crippen molar-refractivity contribution >= 4 is 11.8 Å². The third-order valence-corrected chi connectivity index (χ3v) is 3.90. The second kappa shape index (κ2) is 8.24. The second-order valence-electron chi connectivity index (χ2n) is 5.71. The number of hydrogen-bond donors (Lipinski definition) is 2. The van der Waals surface area contributed by atoms with E-state index in [2.05, 4.69) is 15.5 Å². The molecule has 0 saturated carbocycles. The maximum atomic E-state index is 12.0. The Morgan fingerprint density at radius 1 is 1.29 bits per heavy atom. The van der Waals surface area contributed by atoms with Crippen molar-refractivity contribution in [2.24, 2.45) is 11.7 Å². The molecule has 0 saturated heterocycles. The normalized spacial score (nSPS) is 13.2. The summed E-state index contributed by atoms with van der Waals surface area (Å²) in [5.74, 6) is 0.0590. The zero-order chi connectivity index (χ0) is 17.5. The predicted octanol–water partition coefficient (Wildman–Crippen LogP) is 1.69. The maximum Gasteiger partial charge on any atom is 0.240 e. The van der Waals surface area contributed by atoms with Crippen molar-refractivity contribution in [1.82, 2.24) is 15.5 Å². The molecule has 1 unspecified atom stereocenters. The molecule has 2 atom stereocenters. The van der Waals surface area contributed by atoms with Crippen molar-refractivity contribution < 1.29 is 14.1 Å². The Bertz CT molecular complexity index is 684. The summed E-state index contributed by atoms with van der Waals surface area (Å²) in [6, 6.07) is 8.78. The van der Waals surface area contributed by atoms with Crippen LogP contribution in [0.1, 0.15) is 32.6 Å². The molecule has 3 N–H and O–H groups in total. The molecule has 1 aromatic carbocycles. The second-order valence-corrected chi connectivity index (χ2v) is 5.71. The summed E-state index contributed by atoms with van der Waals surface area (Å²) < 4.78 is 5.16. The van der Waals surface area contributed by atoms with Crippen molar-refractivity contribution in [2.45, 2.75) is 39.2 Å². The predicted molar refractivity (Wildman–Crippen MR) is 88.6 cm³/mol. The van der Waals surface area contributed by atoms with E-state index in [4.69, 9.17) is 10.3 Å². The Labute approximate surface area is 140 Å². The van der Waals surface area contributed by atoms with Gasteiger partial charge in [0, 0.05) is 18.4 Å². The van der Waals surface area contributed by atoms with Gasteiger partial charge in [-0.25, -0.2) is 0 Å². The van der Waals surface area contributed by atoms with Gasteiger partial charge in [0.05, 0.1) is 0 Å². The first kappa shape index (κ1) is 17.7. The standard InChI is InChI=1S/C17H22N4O3/c1-3-11(2)15(16(18)23)19-13(22)9-10-14-20-17(21-24-14)12-7-5-4-6-8-12/h4-8,11,15H,3,9-10H2,1-2H3,(H2,18,23)(H,19,22)/t11?,15-/m0/s1. The van der Waals surface area contributed by atoms with Crippen molar-refractivity contribution in [3.63, 3.8) is 0 Å². The van der Waals surface area contributed by atoms with Crippen LogP contribution in [0.5, 0.6) is 0 Å². The van der Waals surface area contributed by atoms with Crippen LogP contribution in [-0.4, -0.2) is 28.0 Å². The molecule has 2 aromatic rings. The lowest BCUT2D eigenvalue weighted by Crippen LogP contribution is -2.48. The highest BCUT2D eigenvalue weighted by Crippen LogP contribution is 2.15. The molecule has 24 heavy (non-hydrogen) atoms. The van der Waals surface area contributed by atoms with Crippen molar-refractivity contribution in [3.05, 3.63) is 36.2 Å². The van der Waals surface area contributed by atoms with Crippen molar-refractivity contribution in [1.29, 1.82) is 0 Å². The van der Waals surface area contributed by atoms with E-state index in [-0.39, 0.29) is 18.2 Å². The lowest BCUT2D eigenvalue weighted by atomic mass is 9.98. The van der Waals surface area contributed by atoms with E-state index in [1.807, 2.05) is 44.2 Å². The van der Waals surface area contributed by atoms with Crippen LogP contribution in [0.3, 0.4) is 0 Å². The van der Waals surface area contributed by atoms with Crippen LogP contribution in [0.2, 0.25) is 0 Å². The Balaban J connectivity index is 1.90. The van der Waals surface area contributed by atoms with Crippen LogP contribution in [0.4, 0.5) is 0 Å². The fourth-order valence-corrected chi connectivity index (χ4v) is 2.26. The number of nitrogens with zero attached hydrogens (tertiary/aromatic N) is 2. The molecule has 0 radical (unpaired) electrons. The summed E-state index contributed by atoms with van der Waals surface area (Å²) >= 11 is 0. The number of aromatic nitrogens is 2. The van der Waals surface area contributed by atoms with E-state index in [1.165, 1.54) is 0 Å². The Morgan fingerprint density at radius 2 is 2.00 bits per heavy atom. The van der Waals surface area contributed by atoms with Crippen LogP contribution < -0.4 is 11.1 Å². The van der Waals surface area contributed by atoms with Crippen molar-refractivity contribution in [2.75, 3.05) is 0 Å². The number of nitrogens with two attached hydrogens (primary N) is 1. The average Bonchev–Trinajstić information content (AvgIpc) is 3.06. The van der Waals surface area contributed by atoms with Gasteiger partial charge in [0.25, 0.3) is 0 Å². The number of amides is 2. The van der Waals surface area contributed by atoms with Gasteiger partial charge in [0.2, 0.25) is 23.5 Å². The van der Waals surface area contributed by atoms with Crippen LogP contribution in [-0.2, 0) is 16.0 Å². The minimum atomic E-state index is -0.662. The molecule has 2 rings (SSSR count). The molecule has 0 aliphatic heterocycles. The summed E-state index contributed by atoms with van der Waals surface area (Å²) in [5.41, 5.74) is 6.19. The molecule has 1 aromatic heterocycles. The van der Waals surface area contributed by atoms with E-state index in [9.17, 15) is 9.59 Å². The first-order valence-corrected chi connectivity index (χ1v) is 7.98. The topological polar surface area (TPSA) is 111 Å². The van der Waals surface area contributed by atoms with Gasteiger partial charge in [-0.1, -0.05) is 55.8 Å². The van der Waals surface area contributed by atoms with Gasteiger partial charge in [-0.3, -0.25) is 9.59 Å². The molecule has 0 bridgehead atoms. The molecule has 2 amide bonds.